The summed E-state index contributed by atoms with van der Waals surface area (Å²) in [4.78, 5) is 16.8. The van der Waals surface area contributed by atoms with Crippen molar-refractivity contribution in [3.63, 3.8) is 0 Å². The number of nitrogens with two attached hydrogens (primary N) is 1. The van der Waals surface area contributed by atoms with Crippen molar-refractivity contribution in [1.82, 2.24) is 9.88 Å². The first-order valence-electron chi connectivity index (χ1n) is 8.84. The predicted octanol–water partition coefficient (Wildman–Crippen LogP) is 2.48. The summed E-state index contributed by atoms with van der Waals surface area (Å²) in [7, 11) is -3.79. The van der Waals surface area contributed by atoms with E-state index in [0.717, 1.165) is 32.1 Å². The highest BCUT2D eigenvalue weighted by atomic mass is 32.2. The molecule has 2 rings (SSSR count). The Morgan fingerprint density at radius 1 is 1.38 bits per heavy atom. The molecule has 0 aromatic carbocycles. The molecule has 0 radical (unpaired) electrons. The van der Waals surface area contributed by atoms with Gasteiger partial charge in [-0.15, -0.1) is 0 Å². The molecule has 1 fully saturated rings. The largest absolute Gasteiger partial charge is 0.465 e. The standard InChI is InChI=1S/C17H28N4O4S/c1-17(2)11-13(12-21(17)16(22)23)7-4-3-5-10-19-14-8-6-9-15(20-14)26(18,24)25/h6,8-9,13H,3-5,7,10-12H2,1-2H3,(H,19,20)(H,22,23)(H2,18,24,25). The SMILES string of the molecule is CC1(C)CC(CCCCCNc2cccc(S(N)(=O)=O)n2)CN1C(=O)O. The lowest BCUT2D eigenvalue weighted by Crippen LogP contribution is -2.41. The normalized spacial score (nSPS) is 19.5. The average molecular weight is 385 g/mol. The molecule has 1 atom stereocenters. The first-order chi connectivity index (χ1) is 12.1. The van der Waals surface area contributed by atoms with Crippen molar-refractivity contribution in [2.24, 2.45) is 11.1 Å². The van der Waals surface area contributed by atoms with Crippen LogP contribution in [0.3, 0.4) is 0 Å². The number of amides is 1. The summed E-state index contributed by atoms with van der Waals surface area (Å²) in [5, 5.41) is 17.3. The number of pyridine rings is 1. The molecule has 0 saturated carbocycles. The van der Waals surface area contributed by atoms with Crippen LogP contribution >= 0.6 is 0 Å². The second-order valence-electron chi connectivity index (χ2n) is 7.46. The number of unbranched alkanes of at least 4 members (excludes halogenated alkanes) is 2. The summed E-state index contributed by atoms with van der Waals surface area (Å²) in [6.45, 7) is 5.27. The van der Waals surface area contributed by atoms with Gasteiger partial charge in [0.2, 0.25) is 0 Å². The van der Waals surface area contributed by atoms with Crippen LogP contribution in [0, 0.1) is 5.92 Å². The predicted molar refractivity (Wildman–Crippen MR) is 99.5 cm³/mol. The van der Waals surface area contributed by atoms with E-state index in [1.807, 2.05) is 13.8 Å². The van der Waals surface area contributed by atoms with Gasteiger partial charge < -0.3 is 15.3 Å². The minimum absolute atomic E-state index is 0.144. The summed E-state index contributed by atoms with van der Waals surface area (Å²) in [6, 6.07) is 4.67. The third-order valence-corrected chi connectivity index (χ3v) is 5.61. The maximum absolute atomic E-state index is 11.3. The molecule has 4 N–H and O–H groups in total. The molecule has 1 aliphatic heterocycles. The Kier molecular flexibility index (Phi) is 6.46. The zero-order chi connectivity index (χ0) is 19.4. The van der Waals surface area contributed by atoms with Crippen LogP contribution in [-0.2, 0) is 10.0 Å². The van der Waals surface area contributed by atoms with Crippen molar-refractivity contribution < 1.29 is 18.3 Å². The highest BCUT2D eigenvalue weighted by Gasteiger charge is 2.40. The Labute approximate surface area is 154 Å². The fourth-order valence-corrected chi connectivity index (χ4v) is 4.03. The smallest absolute Gasteiger partial charge is 0.407 e. The Morgan fingerprint density at radius 2 is 2.12 bits per heavy atom. The number of anilines is 1. The minimum atomic E-state index is -3.79. The molecule has 1 aromatic rings. The van der Waals surface area contributed by atoms with E-state index in [-0.39, 0.29) is 10.6 Å². The van der Waals surface area contributed by atoms with Gasteiger partial charge in [-0.05, 0) is 51.2 Å². The number of primary sulfonamides is 1. The highest BCUT2D eigenvalue weighted by molar-refractivity contribution is 7.89. The summed E-state index contributed by atoms with van der Waals surface area (Å²) in [5.74, 6) is 0.910. The topological polar surface area (TPSA) is 126 Å². The molecule has 1 saturated heterocycles. The average Bonchev–Trinajstić information content (AvgIpc) is 2.85. The lowest BCUT2D eigenvalue weighted by molar-refractivity contribution is 0.117. The van der Waals surface area contributed by atoms with Crippen LogP contribution in [-0.4, -0.2) is 48.1 Å². The maximum Gasteiger partial charge on any atom is 0.407 e. The minimum Gasteiger partial charge on any atom is -0.465 e. The summed E-state index contributed by atoms with van der Waals surface area (Å²) in [6.07, 6.45) is 4.08. The molecule has 1 aromatic heterocycles. The van der Waals surface area contributed by atoms with Gasteiger partial charge in [0.05, 0.1) is 0 Å². The number of hydrogen-bond donors (Lipinski definition) is 3. The van der Waals surface area contributed by atoms with Crippen molar-refractivity contribution in [3.8, 4) is 0 Å². The van der Waals surface area contributed by atoms with E-state index in [2.05, 4.69) is 10.3 Å². The molecule has 8 nitrogen and oxygen atoms in total. The summed E-state index contributed by atoms with van der Waals surface area (Å²) in [5.41, 5.74) is -0.280. The number of likely N-dealkylation sites (tertiary alicyclic amines) is 1. The molecule has 26 heavy (non-hydrogen) atoms. The molecular formula is C17H28N4O4S. The van der Waals surface area contributed by atoms with Crippen LogP contribution in [0.5, 0.6) is 0 Å². The summed E-state index contributed by atoms with van der Waals surface area (Å²) >= 11 is 0. The summed E-state index contributed by atoms with van der Waals surface area (Å²) < 4.78 is 22.6. The molecule has 0 spiro atoms. The second-order valence-corrected chi connectivity index (χ2v) is 8.97. The van der Waals surface area contributed by atoms with Crippen LogP contribution in [0.15, 0.2) is 23.2 Å². The van der Waals surface area contributed by atoms with Gasteiger partial charge in [-0.3, -0.25) is 0 Å². The van der Waals surface area contributed by atoms with Crippen LogP contribution in [0.25, 0.3) is 0 Å². The van der Waals surface area contributed by atoms with Crippen LogP contribution in [0.1, 0.15) is 46.0 Å². The number of sulfonamides is 1. The van der Waals surface area contributed by atoms with Gasteiger partial charge in [-0.2, -0.15) is 0 Å². The Hall–Kier alpha value is -1.87. The molecule has 1 amide bonds. The van der Waals surface area contributed by atoms with Crippen LogP contribution in [0.4, 0.5) is 10.6 Å². The van der Waals surface area contributed by atoms with Crippen LogP contribution < -0.4 is 10.5 Å². The third-order valence-electron chi connectivity index (χ3n) is 4.80. The van der Waals surface area contributed by atoms with E-state index in [4.69, 9.17) is 5.14 Å². The lowest BCUT2D eigenvalue weighted by Gasteiger charge is -2.28. The number of nitrogens with one attached hydrogen (secondary N) is 1. The highest BCUT2D eigenvalue weighted by Crippen LogP contribution is 2.35. The molecule has 0 bridgehead atoms. The number of aromatic nitrogens is 1. The van der Waals surface area contributed by atoms with Gasteiger partial charge in [-0.25, -0.2) is 23.3 Å². The number of rotatable bonds is 8. The van der Waals surface area contributed by atoms with Gasteiger partial charge in [-0.1, -0.05) is 18.9 Å². The number of carboxylic acid groups (broad SMARTS) is 1. The first-order valence-corrected chi connectivity index (χ1v) is 10.4. The number of carbonyl (C=O) groups is 1. The molecular weight excluding hydrogens is 356 g/mol. The molecule has 9 heteroatoms. The zero-order valence-electron chi connectivity index (χ0n) is 15.3. The van der Waals surface area contributed by atoms with E-state index >= 15 is 0 Å². The Morgan fingerprint density at radius 3 is 2.73 bits per heavy atom. The van der Waals surface area contributed by atoms with Crippen molar-refractivity contribution in [1.29, 1.82) is 0 Å². The van der Waals surface area contributed by atoms with Gasteiger partial charge in [0.1, 0.15) is 5.82 Å². The van der Waals surface area contributed by atoms with E-state index in [1.165, 1.54) is 6.07 Å². The van der Waals surface area contributed by atoms with Gasteiger partial charge >= 0.3 is 6.09 Å². The van der Waals surface area contributed by atoms with Crippen molar-refractivity contribution in [2.75, 3.05) is 18.4 Å². The van der Waals surface area contributed by atoms with E-state index in [9.17, 15) is 18.3 Å². The van der Waals surface area contributed by atoms with E-state index < -0.39 is 16.1 Å². The monoisotopic (exact) mass is 384 g/mol. The fraction of sp³-hybridized carbons (Fsp3) is 0.647. The second kappa shape index (κ2) is 8.22. The fourth-order valence-electron chi connectivity index (χ4n) is 3.54. The Balaban J connectivity index is 1.67. The maximum atomic E-state index is 11.3. The van der Waals surface area contributed by atoms with Gasteiger partial charge in [0.15, 0.2) is 5.03 Å². The van der Waals surface area contributed by atoms with E-state index in [0.29, 0.717) is 24.8 Å². The number of hydrogen-bond acceptors (Lipinski definition) is 5. The van der Waals surface area contributed by atoms with Crippen LogP contribution in [0.2, 0.25) is 0 Å². The Bertz CT molecular complexity index is 736. The van der Waals surface area contributed by atoms with Crippen molar-refractivity contribution in [3.05, 3.63) is 18.2 Å². The van der Waals surface area contributed by atoms with Crippen molar-refractivity contribution >= 4 is 21.9 Å². The first kappa shape index (κ1) is 20.4. The van der Waals surface area contributed by atoms with Gasteiger partial charge in [0, 0.05) is 18.6 Å². The van der Waals surface area contributed by atoms with Crippen molar-refractivity contribution in [2.45, 2.75) is 56.5 Å². The van der Waals surface area contributed by atoms with Gasteiger partial charge in [0.25, 0.3) is 10.0 Å². The molecule has 0 aliphatic carbocycles. The lowest BCUT2D eigenvalue weighted by atomic mass is 9.93. The molecule has 2 heterocycles. The van der Waals surface area contributed by atoms with E-state index in [1.54, 1.807) is 17.0 Å². The zero-order valence-corrected chi connectivity index (χ0v) is 16.1. The quantitative estimate of drug-likeness (QED) is 0.591. The molecule has 146 valence electrons. The molecule has 1 aliphatic rings. The number of nitrogens with zero attached hydrogens (tertiary/aromatic N) is 2. The third kappa shape index (κ3) is 5.57. The molecule has 1 unspecified atom stereocenters.